The molecule has 1 amide bonds. The van der Waals surface area contributed by atoms with E-state index in [4.69, 9.17) is 11.1 Å². The van der Waals surface area contributed by atoms with E-state index in [9.17, 15) is 13.2 Å². The summed E-state index contributed by atoms with van der Waals surface area (Å²) >= 11 is 0. The van der Waals surface area contributed by atoms with Crippen LogP contribution in [0.15, 0.2) is 72.1 Å². The third-order valence-corrected chi connectivity index (χ3v) is 7.22. The Morgan fingerprint density at radius 3 is 2.50 bits per heavy atom. The summed E-state index contributed by atoms with van der Waals surface area (Å²) in [5, 5.41) is 7.45. The number of hydrogen-bond acceptors (Lipinski definition) is 5. The molecule has 1 aliphatic heterocycles. The van der Waals surface area contributed by atoms with Gasteiger partial charge in [-0.05, 0) is 23.3 Å². The summed E-state index contributed by atoms with van der Waals surface area (Å²) in [6.45, 7) is 1.23. The number of sulfonamides is 1. The fourth-order valence-electron chi connectivity index (χ4n) is 3.61. The normalized spacial score (nSPS) is 15.1. The number of amides is 1. The number of hydrogen-bond donors (Lipinski definition) is 2. The zero-order valence-electron chi connectivity index (χ0n) is 17.4. The number of nitrogens with one attached hydrogen (secondary N) is 1. The fourth-order valence-corrected chi connectivity index (χ4v) is 5.07. The van der Waals surface area contributed by atoms with Gasteiger partial charge in [0.15, 0.2) is 0 Å². The molecule has 9 nitrogen and oxygen atoms in total. The Kier molecular flexibility index (Phi) is 6.06. The van der Waals surface area contributed by atoms with Crippen molar-refractivity contribution in [2.45, 2.75) is 18.0 Å². The van der Waals surface area contributed by atoms with E-state index in [2.05, 4.69) is 4.98 Å². The van der Waals surface area contributed by atoms with Crippen LogP contribution < -0.4 is 5.73 Å². The van der Waals surface area contributed by atoms with Crippen LogP contribution in [0.4, 0.5) is 0 Å². The topological polar surface area (TPSA) is 125 Å². The maximum atomic E-state index is 13.2. The van der Waals surface area contributed by atoms with Gasteiger partial charge in [-0.2, -0.15) is 4.31 Å². The van der Waals surface area contributed by atoms with Crippen LogP contribution in [-0.4, -0.2) is 58.6 Å². The molecule has 2 aromatic carbocycles. The van der Waals surface area contributed by atoms with E-state index in [0.29, 0.717) is 25.2 Å². The van der Waals surface area contributed by atoms with E-state index >= 15 is 0 Å². The third kappa shape index (κ3) is 4.71. The minimum absolute atomic E-state index is 0.0134. The number of benzene rings is 2. The number of amidine groups is 1. The number of nitrogen functional groups attached to an aromatic ring is 1. The number of piperazine rings is 1. The third-order valence-electron chi connectivity index (χ3n) is 5.38. The van der Waals surface area contributed by atoms with E-state index in [-0.39, 0.29) is 29.7 Å². The van der Waals surface area contributed by atoms with Gasteiger partial charge in [-0.15, -0.1) is 0 Å². The van der Waals surface area contributed by atoms with Crippen LogP contribution in [0.2, 0.25) is 0 Å². The highest BCUT2D eigenvalue weighted by atomic mass is 32.2. The Bertz CT molecular complexity index is 1220. The van der Waals surface area contributed by atoms with E-state index < -0.39 is 10.0 Å². The molecule has 2 heterocycles. The average molecular weight is 453 g/mol. The second-order valence-electron chi connectivity index (χ2n) is 7.65. The first kappa shape index (κ1) is 21.7. The molecule has 4 rings (SSSR count). The van der Waals surface area contributed by atoms with Crippen molar-refractivity contribution < 1.29 is 13.2 Å². The van der Waals surface area contributed by atoms with E-state index in [1.807, 2.05) is 29.0 Å². The van der Waals surface area contributed by atoms with Gasteiger partial charge in [-0.25, -0.2) is 13.4 Å². The molecule has 3 aromatic rings. The molecule has 1 aliphatic rings. The van der Waals surface area contributed by atoms with Crippen molar-refractivity contribution in [1.82, 2.24) is 18.8 Å². The van der Waals surface area contributed by atoms with Gasteiger partial charge >= 0.3 is 0 Å². The van der Waals surface area contributed by atoms with Gasteiger partial charge < -0.3 is 15.2 Å². The van der Waals surface area contributed by atoms with Gasteiger partial charge in [-0.1, -0.05) is 36.4 Å². The molecule has 1 fully saturated rings. The summed E-state index contributed by atoms with van der Waals surface area (Å²) < 4.78 is 29.4. The minimum atomic E-state index is -3.78. The highest BCUT2D eigenvalue weighted by Gasteiger charge is 2.32. The standard InChI is InChI=1S/C22H24N6O3S/c23-22(24)19-6-4-17(5-7-19)14-27-10-11-28(15-21(27)29)32(30,31)20-3-1-2-18(12-20)13-26-9-8-25-16-26/h1-9,12,16H,10-11,13-15H2,(H3,23,24). The van der Waals surface area contributed by atoms with Crippen LogP contribution in [0.3, 0.4) is 0 Å². The molecular weight excluding hydrogens is 428 g/mol. The van der Waals surface area contributed by atoms with Gasteiger partial charge in [0.1, 0.15) is 5.84 Å². The number of carbonyl (C=O) groups is 1. The Morgan fingerprint density at radius 1 is 1.06 bits per heavy atom. The van der Waals surface area contributed by atoms with Gasteiger partial charge in [0, 0.05) is 44.1 Å². The van der Waals surface area contributed by atoms with Crippen molar-refractivity contribution in [1.29, 1.82) is 5.41 Å². The Morgan fingerprint density at radius 2 is 1.84 bits per heavy atom. The lowest BCUT2D eigenvalue weighted by molar-refractivity contribution is -0.134. The number of aromatic nitrogens is 2. The number of nitrogens with zero attached hydrogens (tertiary/aromatic N) is 4. The molecule has 0 unspecified atom stereocenters. The summed E-state index contributed by atoms with van der Waals surface area (Å²) in [4.78, 5) is 18.5. The lowest BCUT2D eigenvalue weighted by atomic mass is 10.1. The fraction of sp³-hybridized carbons (Fsp3) is 0.227. The molecule has 10 heteroatoms. The number of carbonyl (C=O) groups excluding carboxylic acids is 1. The molecule has 166 valence electrons. The van der Waals surface area contributed by atoms with Crippen molar-refractivity contribution in [2.75, 3.05) is 19.6 Å². The Labute approximate surface area is 186 Å². The predicted molar refractivity (Wildman–Crippen MR) is 119 cm³/mol. The Balaban J connectivity index is 1.43. The van der Waals surface area contributed by atoms with Crippen LogP contribution >= 0.6 is 0 Å². The van der Waals surface area contributed by atoms with Crippen molar-refractivity contribution in [2.24, 2.45) is 5.73 Å². The van der Waals surface area contributed by atoms with Crippen molar-refractivity contribution in [3.8, 4) is 0 Å². The van der Waals surface area contributed by atoms with E-state index in [1.165, 1.54) is 4.31 Å². The lowest BCUT2D eigenvalue weighted by Crippen LogP contribution is -2.51. The second kappa shape index (κ2) is 8.93. The first-order valence-corrected chi connectivity index (χ1v) is 11.5. The summed E-state index contributed by atoms with van der Waals surface area (Å²) in [5.41, 5.74) is 7.82. The maximum absolute atomic E-state index is 13.2. The van der Waals surface area contributed by atoms with Crippen LogP contribution in [0, 0.1) is 5.41 Å². The van der Waals surface area contributed by atoms with Crippen LogP contribution in [0.25, 0.3) is 0 Å². The van der Waals surface area contributed by atoms with Gasteiger partial charge in [0.05, 0.1) is 17.8 Å². The van der Waals surface area contributed by atoms with Crippen molar-refractivity contribution in [3.05, 3.63) is 83.9 Å². The zero-order valence-corrected chi connectivity index (χ0v) is 18.2. The zero-order chi connectivity index (χ0) is 22.7. The molecule has 0 atom stereocenters. The second-order valence-corrected chi connectivity index (χ2v) is 9.58. The lowest BCUT2D eigenvalue weighted by Gasteiger charge is -2.33. The Hall–Kier alpha value is -3.50. The van der Waals surface area contributed by atoms with Crippen molar-refractivity contribution >= 4 is 21.8 Å². The first-order valence-electron chi connectivity index (χ1n) is 10.1. The summed E-state index contributed by atoms with van der Waals surface area (Å²) in [5.74, 6) is -0.259. The summed E-state index contributed by atoms with van der Waals surface area (Å²) in [6.07, 6.45) is 5.16. The van der Waals surface area contributed by atoms with Crippen LogP contribution in [0.1, 0.15) is 16.7 Å². The number of nitrogens with two attached hydrogens (primary N) is 1. The molecule has 0 aliphatic carbocycles. The van der Waals surface area contributed by atoms with E-state index in [1.54, 1.807) is 47.8 Å². The number of rotatable bonds is 7. The first-order chi connectivity index (χ1) is 15.3. The van der Waals surface area contributed by atoms with Crippen LogP contribution in [0.5, 0.6) is 0 Å². The maximum Gasteiger partial charge on any atom is 0.243 e. The molecule has 0 radical (unpaired) electrons. The van der Waals surface area contributed by atoms with Gasteiger partial charge in [0.2, 0.25) is 15.9 Å². The quantitative estimate of drug-likeness (QED) is 0.412. The molecule has 0 bridgehead atoms. The van der Waals surface area contributed by atoms with Crippen LogP contribution in [-0.2, 0) is 27.9 Å². The molecule has 0 saturated carbocycles. The van der Waals surface area contributed by atoms with Gasteiger partial charge in [-0.3, -0.25) is 10.2 Å². The van der Waals surface area contributed by atoms with Gasteiger partial charge in [0.25, 0.3) is 0 Å². The highest BCUT2D eigenvalue weighted by Crippen LogP contribution is 2.21. The molecule has 1 saturated heterocycles. The predicted octanol–water partition coefficient (Wildman–Crippen LogP) is 1.25. The average Bonchev–Trinajstić information content (AvgIpc) is 3.28. The molecular formula is C22H24N6O3S. The molecule has 1 aromatic heterocycles. The summed E-state index contributed by atoms with van der Waals surface area (Å²) in [7, 11) is -3.78. The number of imidazole rings is 1. The smallest absolute Gasteiger partial charge is 0.243 e. The largest absolute Gasteiger partial charge is 0.384 e. The van der Waals surface area contributed by atoms with Crippen molar-refractivity contribution in [3.63, 3.8) is 0 Å². The monoisotopic (exact) mass is 452 g/mol. The molecule has 3 N–H and O–H groups in total. The highest BCUT2D eigenvalue weighted by molar-refractivity contribution is 7.89. The molecule has 32 heavy (non-hydrogen) atoms. The SMILES string of the molecule is N=C(N)c1ccc(CN2CCN(S(=O)(=O)c3cccc(Cn4ccnc4)c3)CC2=O)cc1. The molecule has 0 spiro atoms. The van der Waals surface area contributed by atoms with E-state index in [0.717, 1.165) is 11.1 Å². The summed E-state index contributed by atoms with van der Waals surface area (Å²) in [6, 6.07) is 13.9. The minimum Gasteiger partial charge on any atom is -0.384 e.